The molecule has 0 spiro atoms. The quantitative estimate of drug-likeness (QED) is 0.111. The lowest BCUT2D eigenvalue weighted by atomic mass is 9.84. The fourth-order valence-electron chi connectivity index (χ4n) is 5.98. The van der Waals surface area contributed by atoms with Crippen LogP contribution in [0.25, 0.3) is 21.5 Å². The highest BCUT2D eigenvalue weighted by Gasteiger charge is 2.49. The molecule has 0 amide bonds. The van der Waals surface area contributed by atoms with Crippen LogP contribution in [0.1, 0.15) is 27.8 Å². The van der Waals surface area contributed by atoms with Crippen LogP contribution in [0, 0.1) is 6.92 Å². The van der Waals surface area contributed by atoms with Crippen molar-refractivity contribution in [1.29, 1.82) is 0 Å². The Hall–Kier alpha value is -1.63. The van der Waals surface area contributed by atoms with Gasteiger partial charge in [0, 0.05) is 4.90 Å². The maximum atomic E-state index is 2.32. The van der Waals surface area contributed by atoms with E-state index in [1.54, 1.807) is 0 Å². The molecule has 0 heterocycles. The summed E-state index contributed by atoms with van der Waals surface area (Å²) in [4.78, 5) is 1.39. The summed E-state index contributed by atoms with van der Waals surface area (Å²) in [6, 6.07) is 35.4. The lowest BCUT2D eigenvalue weighted by molar-refractivity contribution is 0.895. The van der Waals surface area contributed by atoms with Crippen LogP contribution < -0.4 is 0 Å². The molecule has 0 fully saturated rings. The van der Waals surface area contributed by atoms with E-state index in [1.807, 2.05) is 58.8 Å². The predicted octanol–water partition coefficient (Wildman–Crippen LogP) is 10.9. The number of rotatable bonds is 5. The van der Waals surface area contributed by atoms with Crippen molar-refractivity contribution < 1.29 is 0 Å². The van der Waals surface area contributed by atoms with Gasteiger partial charge in [0.05, 0.1) is 0 Å². The molecule has 0 saturated carbocycles. The molecule has 5 aromatic carbocycles. The molecule has 5 heteroatoms. The second kappa shape index (κ2) is 12.1. The van der Waals surface area contributed by atoms with Gasteiger partial charge >= 0.3 is 0 Å². The molecule has 200 valence electrons. The van der Waals surface area contributed by atoms with Gasteiger partial charge in [-0.1, -0.05) is 97.1 Å². The van der Waals surface area contributed by atoms with Crippen molar-refractivity contribution in [1.82, 2.24) is 0 Å². The Morgan fingerprint density at radius 1 is 0.410 bits per heavy atom. The molecule has 0 aromatic heterocycles. The van der Waals surface area contributed by atoms with Crippen LogP contribution >= 0.6 is 58.8 Å². The SMILES string of the molecule is CSC1(SC)c2ccccc2C(SC)(SC)c2ccccc21.CSc1c2ccccc2c(C)c2ccccc12. The summed E-state index contributed by atoms with van der Waals surface area (Å²) in [5, 5.41) is 5.48. The van der Waals surface area contributed by atoms with Crippen LogP contribution in [0.3, 0.4) is 0 Å². The Bertz CT molecular complexity index is 1450. The largest absolute Gasteiger partial charge is 0.138 e. The van der Waals surface area contributed by atoms with Crippen LogP contribution in [0.15, 0.2) is 102 Å². The maximum absolute atomic E-state index is 2.32. The Kier molecular flexibility index (Phi) is 8.95. The highest BCUT2D eigenvalue weighted by atomic mass is 32.2. The first-order valence-corrected chi connectivity index (χ1v) is 19.0. The van der Waals surface area contributed by atoms with Crippen molar-refractivity contribution in [2.24, 2.45) is 0 Å². The molecule has 0 atom stereocenters. The smallest absolute Gasteiger partial charge is 0.111 e. The first kappa shape index (κ1) is 28.9. The monoisotopic (exact) mass is 602 g/mol. The number of hydrogen-bond acceptors (Lipinski definition) is 5. The third-order valence-electron chi connectivity index (χ3n) is 7.78. The Labute approximate surface area is 254 Å². The van der Waals surface area contributed by atoms with Crippen LogP contribution in [0.4, 0.5) is 0 Å². The normalized spacial score (nSPS) is 14.8. The standard InChI is InChI=1S/C18H20S4.C16H14S/c1-19-17(20-2)13-9-5-7-11-15(13)18(21-3,22-4)16-12-8-6-10-14(16)17;1-11-12-7-3-5-9-14(12)16(17-2)15-10-6-4-8-13(11)15/h5-12H,1-4H3;3-10H,1-2H3. The Morgan fingerprint density at radius 3 is 0.974 bits per heavy atom. The van der Waals surface area contributed by atoms with Gasteiger partial charge in [0.1, 0.15) is 8.16 Å². The molecular formula is C34H34S5. The predicted molar refractivity (Wildman–Crippen MR) is 186 cm³/mol. The number of hydrogen-bond donors (Lipinski definition) is 0. The lowest BCUT2D eigenvalue weighted by Crippen LogP contribution is -2.35. The van der Waals surface area contributed by atoms with Crippen LogP contribution in [0.5, 0.6) is 0 Å². The van der Waals surface area contributed by atoms with Crippen LogP contribution in [-0.4, -0.2) is 31.3 Å². The van der Waals surface area contributed by atoms with Gasteiger partial charge in [-0.2, -0.15) is 0 Å². The van der Waals surface area contributed by atoms with Gasteiger partial charge in [-0.3, -0.25) is 0 Å². The molecular weight excluding hydrogens is 569 g/mol. The topological polar surface area (TPSA) is 0 Å². The molecule has 0 unspecified atom stereocenters. The molecule has 0 N–H and O–H groups in total. The average Bonchev–Trinajstić information content (AvgIpc) is 3.01. The molecule has 0 saturated heterocycles. The van der Waals surface area contributed by atoms with Gasteiger partial charge in [-0.15, -0.1) is 58.8 Å². The molecule has 5 aromatic rings. The second-order valence-corrected chi connectivity index (χ2v) is 14.8. The summed E-state index contributed by atoms with van der Waals surface area (Å²) < 4.78 is -0.0235. The maximum Gasteiger partial charge on any atom is 0.111 e. The third kappa shape index (κ3) is 4.63. The average molecular weight is 603 g/mol. The van der Waals surface area contributed by atoms with Crippen molar-refractivity contribution in [3.63, 3.8) is 0 Å². The van der Waals surface area contributed by atoms with E-state index >= 15 is 0 Å². The lowest BCUT2D eigenvalue weighted by Gasteiger charge is -2.46. The molecule has 0 nitrogen and oxygen atoms in total. The molecule has 39 heavy (non-hydrogen) atoms. The Morgan fingerprint density at radius 2 is 0.692 bits per heavy atom. The van der Waals surface area contributed by atoms with Gasteiger partial charge < -0.3 is 0 Å². The van der Waals surface area contributed by atoms with Crippen molar-refractivity contribution in [3.05, 3.63) is 125 Å². The van der Waals surface area contributed by atoms with Crippen LogP contribution in [-0.2, 0) is 8.16 Å². The molecule has 0 radical (unpaired) electrons. The highest BCUT2D eigenvalue weighted by molar-refractivity contribution is 8.18. The summed E-state index contributed by atoms with van der Waals surface area (Å²) in [6.45, 7) is 2.22. The van der Waals surface area contributed by atoms with E-state index in [1.165, 1.54) is 54.3 Å². The van der Waals surface area contributed by atoms with Gasteiger partial charge in [0.15, 0.2) is 0 Å². The van der Waals surface area contributed by atoms with Crippen molar-refractivity contribution in [2.75, 3.05) is 31.3 Å². The number of fused-ring (bicyclic) bond motifs is 4. The highest BCUT2D eigenvalue weighted by Crippen LogP contribution is 2.64. The van der Waals surface area contributed by atoms with Crippen molar-refractivity contribution >= 4 is 80.4 Å². The second-order valence-electron chi connectivity index (χ2n) is 9.39. The van der Waals surface area contributed by atoms with E-state index in [-0.39, 0.29) is 8.16 Å². The molecule has 0 aliphatic heterocycles. The molecule has 1 aliphatic carbocycles. The van der Waals surface area contributed by atoms with Crippen molar-refractivity contribution in [3.8, 4) is 0 Å². The van der Waals surface area contributed by atoms with Gasteiger partial charge in [0.25, 0.3) is 0 Å². The third-order valence-corrected chi connectivity index (χ3v) is 14.7. The summed E-state index contributed by atoms with van der Waals surface area (Å²) in [5.74, 6) is 0. The van der Waals surface area contributed by atoms with E-state index in [0.717, 1.165) is 0 Å². The van der Waals surface area contributed by atoms with Gasteiger partial charge in [0.2, 0.25) is 0 Å². The van der Waals surface area contributed by atoms with Crippen molar-refractivity contribution in [2.45, 2.75) is 20.0 Å². The zero-order valence-electron chi connectivity index (χ0n) is 23.3. The fourth-order valence-corrected chi connectivity index (χ4v) is 11.3. The molecule has 0 bridgehead atoms. The van der Waals surface area contributed by atoms with Crippen LogP contribution in [0.2, 0.25) is 0 Å². The summed E-state index contributed by atoms with van der Waals surface area (Å²) >= 11 is 9.62. The number of benzene rings is 5. The van der Waals surface area contributed by atoms with E-state index in [2.05, 4.69) is 135 Å². The Balaban J connectivity index is 0.000000163. The van der Waals surface area contributed by atoms with Gasteiger partial charge in [-0.05, 0) is 87.6 Å². The van der Waals surface area contributed by atoms with E-state index < -0.39 is 0 Å². The number of aryl methyl sites for hydroxylation is 1. The van der Waals surface area contributed by atoms with E-state index in [4.69, 9.17) is 0 Å². The summed E-state index contributed by atoms with van der Waals surface area (Å²) in [6.07, 6.45) is 11.1. The first-order chi connectivity index (χ1) is 19.0. The zero-order valence-corrected chi connectivity index (χ0v) is 27.4. The molecule has 6 rings (SSSR count). The summed E-state index contributed by atoms with van der Waals surface area (Å²) in [7, 11) is 0. The molecule has 1 aliphatic rings. The minimum Gasteiger partial charge on any atom is -0.138 e. The van der Waals surface area contributed by atoms with E-state index in [0.29, 0.717) is 0 Å². The zero-order chi connectivity index (χ0) is 27.6. The van der Waals surface area contributed by atoms with Gasteiger partial charge in [-0.25, -0.2) is 0 Å². The fraction of sp³-hybridized carbons (Fsp3) is 0.235. The minimum absolute atomic E-state index is 0.0118. The number of thioether (sulfide) groups is 5. The minimum atomic E-state index is -0.0118. The summed E-state index contributed by atoms with van der Waals surface area (Å²) in [5.41, 5.74) is 7.21. The first-order valence-electron chi connectivity index (χ1n) is 12.9. The van der Waals surface area contributed by atoms with E-state index in [9.17, 15) is 0 Å².